The summed E-state index contributed by atoms with van der Waals surface area (Å²) in [5.74, 6) is -1.66. The first-order valence-electron chi connectivity index (χ1n) is 17.3. The van der Waals surface area contributed by atoms with Crippen LogP contribution in [0.4, 0.5) is 31.8 Å². The Bertz CT molecular complexity index is 2340. The number of hydrogen-bond acceptors (Lipinski definition) is 10. The third-order valence-corrected chi connectivity index (χ3v) is 10.6. The minimum absolute atomic E-state index is 0.0385. The number of aromatic nitrogens is 4. The minimum Gasteiger partial charge on any atom is -0.477 e. The molecule has 2 aromatic heterocycles. The van der Waals surface area contributed by atoms with Crippen molar-refractivity contribution in [2.75, 3.05) is 67.1 Å². The second kappa shape index (κ2) is 13.7. The fourth-order valence-corrected chi connectivity index (χ4v) is 7.47. The molecule has 8 rings (SSSR count). The van der Waals surface area contributed by atoms with E-state index in [-0.39, 0.29) is 28.5 Å². The predicted molar refractivity (Wildman–Crippen MR) is 197 cm³/mol. The molecule has 3 aliphatic rings. The van der Waals surface area contributed by atoms with E-state index in [4.69, 9.17) is 17.3 Å². The lowest BCUT2D eigenvalue weighted by Gasteiger charge is -2.36. The molecule has 3 fully saturated rings. The van der Waals surface area contributed by atoms with Gasteiger partial charge >= 0.3 is 5.97 Å². The Kier molecular flexibility index (Phi) is 8.90. The third kappa shape index (κ3) is 6.61. The maximum Gasteiger partial charge on any atom is 0.341 e. The van der Waals surface area contributed by atoms with E-state index >= 15 is 4.39 Å². The summed E-state index contributed by atoms with van der Waals surface area (Å²) in [5.41, 5.74) is 1.44. The molecule has 274 valence electrons. The molecule has 0 atom stereocenters. The zero-order valence-electron chi connectivity index (χ0n) is 28.5. The third-order valence-electron chi connectivity index (χ3n) is 10.2. The zero-order chi connectivity index (χ0) is 37.0. The van der Waals surface area contributed by atoms with Crippen molar-refractivity contribution in [1.82, 2.24) is 23.8 Å². The van der Waals surface area contributed by atoms with Crippen LogP contribution < -0.4 is 20.1 Å². The minimum atomic E-state index is -1.33. The monoisotopic (exact) mass is 743 g/mol. The second-order valence-electron chi connectivity index (χ2n) is 13.5. The van der Waals surface area contributed by atoms with E-state index in [2.05, 4.69) is 14.7 Å². The van der Waals surface area contributed by atoms with Gasteiger partial charge in [-0.15, -0.1) is 5.10 Å². The van der Waals surface area contributed by atoms with Crippen molar-refractivity contribution in [3.63, 3.8) is 0 Å². The van der Waals surface area contributed by atoms with Gasteiger partial charge in [0, 0.05) is 87.8 Å². The van der Waals surface area contributed by atoms with Crippen molar-refractivity contribution in [2.45, 2.75) is 25.6 Å². The molecule has 14 nitrogen and oxygen atoms in total. The molecule has 0 radical (unpaired) electrons. The number of rotatable bonds is 9. The maximum absolute atomic E-state index is 15.6. The maximum atomic E-state index is 15.6. The van der Waals surface area contributed by atoms with Crippen LogP contribution in [0, 0.1) is 26.5 Å². The van der Waals surface area contributed by atoms with Gasteiger partial charge in [-0.25, -0.2) is 18.3 Å². The van der Waals surface area contributed by atoms with Crippen molar-refractivity contribution in [3.8, 4) is 5.69 Å². The molecule has 1 N–H and O–H groups in total. The summed E-state index contributed by atoms with van der Waals surface area (Å²) >= 11 is 5.96. The highest BCUT2D eigenvalue weighted by molar-refractivity contribution is 7.71. The highest BCUT2D eigenvalue weighted by atomic mass is 32.1. The standard InChI is InChI=1S/C36H35F2N9O5S/c37-23-1-3-26(4-2-23)46-35(43-17-15-41(16-18-43)24-5-9-27(10-6-24)47(51)52)39-45(36(46)53)22-40-11-13-42(14-12-40)32-20-31-28(19-30(32)38)33(48)29(34(49)50)21-44(31)25-7-8-25/h1-6,9-10,19-21,25H,7-8,11-18,22H2,(H,49,50). The van der Waals surface area contributed by atoms with Gasteiger partial charge in [0.15, 0.2) is 0 Å². The Hall–Kier alpha value is -5.68. The average Bonchev–Trinajstić information content (AvgIpc) is 3.96. The molecule has 2 aliphatic heterocycles. The van der Waals surface area contributed by atoms with E-state index in [9.17, 15) is 29.2 Å². The molecule has 1 aliphatic carbocycles. The van der Waals surface area contributed by atoms with E-state index in [1.807, 2.05) is 9.47 Å². The Morgan fingerprint density at radius 2 is 1.51 bits per heavy atom. The highest BCUT2D eigenvalue weighted by Crippen LogP contribution is 2.38. The number of pyridine rings is 1. The molecular formula is C36H35F2N9O5S. The lowest BCUT2D eigenvalue weighted by Crippen LogP contribution is -2.47. The van der Waals surface area contributed by atoms with Crippen LogP contribution in [-0.4, -0.2) is 92.2 Å². The van der Waals surface area contributed by atoms with Gasteiger partial charge in [-0.3, -0.25) is 24.4 Å². The summed E-state index contributed by atoms with van der Waals surface area (Å²) in [5, 5.41) is 25.7. The van der Waals surface area contributed by atoms with Gasteiger partial charge in [0.25, 0.3) is 5.69 Å². The summed E-state index contributed by atoms with van der Waals surface area (Å²) < 4.78 is 35.4. The normalized spacial score (nSPS) is 16.8. The van der Waals surface area contributed by atoms with Gasteiger partial charge in [-0.2, -0.15) is 0 Å². The molecule has 17 heteroatoms. The molecule has 53 heavy (non-hydrogen) atoms. The topological polar surface area (TPSA) is 138 Å². The van der Waals surface area contributed by atoms with Crippen LogP contribution in [-0.2, 0) is 6.67 Å². The summed E-state index contributed by atoms with van der Waals surface area (Å²) in [7, 11) is 0. The van der Waals surface area contributed by atoms with Crippen LogP contribution in [0.3, 0.4) is 0 Å². The molecule has 5 aromatic rings. The number of carboxylic acid groups (broad SMARTS) is 1. The number of anilines is 3. The SMILES string of the molecule is O=C(O)c1cn(C2CC2)c2cc(N3CCN(Cn4nc(N5CCN(c6ccc([N+](=O)[O-])cc6)CC5)n(-c5ccc(F)cc5)c4=S)CC3)c(F)cc2c1=O. The fourth-order valence-electron chi connectivity index (χ4n) is 7.19. The van der Waals surface area contributed by atoms with Crippen molar-refractivity contribution in [3.05, 3.63) is 109 Å². The number of benzene rings is 3. The summed E-state index contributed by atoms with van der Waals surface area (Å²) in [4.78, 5) is 43.8. The summed E-state index contributed by atoms with van der Waals surface area (Å²) in [6, 6.07) is 15.5. The van der Waals surface area contributed by atoms with E-state index < -0.39 is 22.1 Å². The number of fused-ring (bicyclic) bond motifs is 1. The Balaban J connectivity index is 1.00. The largest absolute Gasteiger partial charge is 0.477 e. The molecule has 0 unspecified atom stereocenters. The van der Waals surface area contributed by atoms with Crippen LogP contribution >= 0.6 is 12.2 Å². The quantitative estimate of drug-likeness (QED) is 0.123. The molecule has 1 saturated carbocycles. The number of non-ortho nitro benzene ring substituents is 1. The van der Waals surface area contributed by atoms with E-state index in [1.54, 1.807) is 39.6 Å². The molecule has 0 amide bonds. The van der Waals surface area contributed by atoms with Gasteiger partial charge in [-0.05, 0) is 73.6 Å². The summed E-state index contributed by atoms with van der Waals surface area (Å²) in [6.45, 7) is 4.99. The van der Waals surface area contributed by atoms with Gasteiger partial charge in [0.2, 0.25) is 16.1 Å². The first kappa shape index (κ1) is 34.4. The first-order chi connectivity index (χ1) is 25.5. The van der Waals surface area contributed by atoms with E-state index in [1.165, 1.54) is 36.5 Å². The van der Waals surface area contributed by atoms with Gasteiger partial charge in [0.05, 0.1) is 28.5 Å². The van der Waals surface area contributed by atoms with E-state index in [0.29, 0.717) is 86.6 Å². The number of piperazine rings is 2. The highest BCUT2D eigenvalue weighted by Gasteiger charge is 2.30. The van der Waals surface area contributed by atoms with Crippen LogP contribution in [0.2, 0.25) is 0 Å². The average molecular weight is 744 g/mol. The van der Waals surface area contributed by atoms with Crippen LogP contribution in [0.25, 0.3) is 16.6 Å². The Morgan fingerprint density at radius 3 is 2.13 bits per heavy atom. The number of aromatic carboxylic acids is 1. The number of carbonyl (C=O) groups is 1. The predicted octanol–water partition coefficient (Wildman–Crippen LogP) is 5.04. The molecule has 3 aromatic carbocycles. The van der Waals surface area contributed by atoms with Crippen LogP contribution in [0.15, 0.2) is 71.7 Å². The van der Waals surface area contributed by atoms with Crippen LogP contribution in [0.5, 0.6) is 0 Å². The summed E-state index contributed by atoms with van der Waals surface area (Å²) in [6.07, 6.45) is 3.11. The Morgan fingerprint density at radius 1 is 0.887 bits per heavy atom. The number of hydrogen-bond donors (Lipinski definition) is 1. The lowest BCUT2D eigenvalue weighted by atomic mass is 10.1. The molecule has 2 saturated heterocycles. The number of carboxylic acids is 1. The number of nitrogens with zero attached hydrogens (tertiary/aromatic N) is 9. The number of halogens is 2. The smallest absolute Gasteiger partial charge is 0.341 e. The van der Waals surface area contributed by atoms with Gasteiger partial charge < -0.3 is 24.4 Å². The van der Waals surface area contributed by atoms with Crippen molar-refractivity contribution >= 4 is 52.1 Å². The fraction of sp³-hybridized carbons (Fsp3) is 0.333. The van der Waals surface area contributed by atoms with Crippen molar-refractivity contribution in [2.24, 2.45) is 0 Å². The van der Waals surface area contributed by atoms with Crippen molar-refractivity contribution < 1.29 is 23.6 Å². The molecular weight excluding hydrogens is 709 g/mol. The molecule has 0 bridgehead atoms. The number of nitro groups is 1. The van der Waals surface area contributed by atoms with E-state index in [0.717, 1.165) is 18.5 Å². The molecule has 4 heterocycles. The lowest BCUT2D eigenvalue weighted by molar-refractivity contribution is -0.384. The Labute approximate surface area is 306 Å². The molecule has 0 spiro atoms. The zero-order valence-corrected chi connectivity index (χ0v) is 29.3. The van der Waals surface area contributed by atoms with Crippen molar-refractivity contribution in [1.29, 1.82) is 0 Å². The second-order valence-corrected chi connectivity index (χ2v) is 13.9. The number of nitro benzene ring substituents is 1. The first-order valence-corrected chi connectivity index (χ1v) is 17.8. The van der Waals surface area contributed by atoms with Gasteiger partial charge in [0.1, 0.15) is 17.2 Å². The van der Waals surface area contributed by atoms with Crippen LogP contribution in [0.1, 0.15) is 29.2 Å². The van der Waals surface area contributed by atoms with Gasteiger partial charge in [-0.1, -0.05) is 0 Å².